The zero-order valence-corrected chi connectivity index (χ0v) is 11.3. The molecule has 7 nitrogen and oxygen atoms in total. The van der Waals surface area contributed by atoms with Gasteiger partial charge in [0.25, 0.3) is 5.91 Å². The normalized spacial score (nSPS) is 17.7. The van der Waals surface area contributed by atoms with Crippen LogP contribution in [-0.2, 0) is 0 Å². The molecular formula is C14H14N4O3. The summed E-state index contributed by atoms with van der Waals surface area (Å²) in [5.41, 5.74) is 0.382. The van der Waals surface area contributed by atoms with Gasteiger partial charge in [-0.15, -0.1) is 5.10 Å². The number of rotatable bonds is 3. The van der Waals surface area contributed by atoms with Crippen LogP contribution in [0.5, 0.6) is 5.88 Å². The Morgan fingerprint density at radius 1 is 1.43 bits per heavy atom. The Morgan fingerprint density at radius 3 is 3.10 bits per heavy atom. The molecule has 108 valence electrons. The number of likely N-dealkylation sites (tertiary alicyclic amines) is 1. The maximum atomic E-state index is 12.3. The first-order valence-corrected chi connectivity index (χ1v) is 6.65. The highest BCUT2D eigenvalue weighted by molar-refractivity contribution is 5.93. The topological polar surface area (TPSA) is 82.3 Å². The lowest BCUT2D eigenvalue weighted by atomic mass is 10.2. The van der Waals surface area contributed by atoms with Crippen molar-refractivity contribution in [1.29, 1.82) is 0 Å². The number of pyridine rings is 1. The summed E-state index contributed by atoms with van der Waals surface area (Å²) in [5.74, 6) is 0.291. The van der Waals surface area contributed by atoms with Crippen molar-refractivity contribution in [2.75, 3.05) is 13.1 Å². The maximum absolute atomic E-state index is 12.3. The summed E-state index contributed by atoms with van der Waals surface area (Å²) < 4.78 is 6.30. The third kappa shape index (κ3) is 3.07. The highest BCUT2D eigenvalue weighted by atomic mass is 16.5. The Bertz CT molecular complexity index is 635. The first-order valence-electron chi connectivity index (χ1n) is 6.65. The summed E-state index contributed by atoms with van der Waals surface area (Å²) in [7, 11) is 0. The molecule has 0 aromatic carbocycles. The molecule has 0 N–H and O–H groups in total. The van der Waals surface area contributed by atoms with Gasteiger partial charge < -0.3 is 14.8 Å². The monoisotopic (exact) mass is 286 g/mol. The standard InChI is InChI=1S/C14H14N4O3/c19-14(11-3-2-7-18(20)9-11)17-8-5-12(10-17)21-13-4-1-6-15-16-13/h1-4,6-7,9,12H,5,8,10H2. The fourth-order valence-electron chi connectivity index (χ4n) is 2.29. The molecule has 0 bridgehead atoms. The van der Waals surface area contributed by atoms with Crippen molar-refractivity contribution in [3.8, 4) is 5.88 Å². The van der Waals surface area contributed by atoms with Crippen LogP contribution in [0.25, 0.3) is 0 Å². The van der Waals surface area contributed by atoms with Gasteiger partial charge >= 0.3 is 0 Å². The summed E-state index contributed by atoms with van der Waals surface area (Å²) in [6.45, 7) is 1.07. The Morgan fingerprint density at radius 2 is 2.33 bits per heavy atom. The molecule has 3 rings (SSSR count). The van der Waals surface area contributed by atoms with E-state index in [0.29, 0.717) is 29.3 Å². The number of hydrogen-bond donors (Lipinski definition) is 0. The fraction of sp³-hybridized carbons (Fsp3) is 0.286. The van der Waals surface area contributed by atoms with Crippen molar-refractivity contribution in [3.05, 3.63) is 53.6 Å². The Labute approximate surface area is 121 Å². The molecule has 0 saturated carbocycles. The van der Waals surface area contributed by atoms with Crippen LogP contribution in [0.1, 0.15) is 16.8 Å². The molecule has 2 aromatic heterocycles. The van der Waals surface area contributed by atoms with Crippen molar-refractivity contribution < 1.29 is 14.3 Å². The SMILES string of the molecule is O=C(c1ccc[n+]([O-])c1)N1CCC(Oc2cccnn2)C1. The van der Waals surface area contributed by atoms with Gasteiger partial charge in [-0.25, -0.2) is 0 Å². The lowest BCUT2D eigenvalue weighted by Crippen LogP contribution is -2.33. The average Bonchev–Trinajstić information content (AvgIpc) is 2.96. The van der Waals surface area contributed by atoms with Crippen molar-refractivity contribution in [2.24, 2.45) is 0 Å². The molecule has 3 heterocycles. The van der Waals surface area contributed by atoms with Gasteiger partial charge in [-0.05, 0) is 12.1 Å². The number of carbonyl (C=O) groups excluding carboxylic acids is 1. The largest absolute Gasteiger partial charge is 0.619 e. The second-order valence-corrected chi connectivity index (χ2v) is 4.79. The summed E-state index contributed by atoms with van der Waals surface area (Å²) in [6.07, 6.45) is 4.82. The van der Waals surface area contributed by atoms with E-state index in [-0.39, 0.29) is 12.0 Å². The molecule has 1 saturated heterocycles. The van der Waals surface area contributed by atoms with Gasteiger partial charge in [0.2, 0.25) is 5.88 Å². The number of aromatic nitrogens is 3. The first kappa shape index (κ1) is 13.3. The quantitative estimate of drug-likeness (QED) is 0.602. The van der Waals surface area contributed by atoms with E-state index in [2.05, 4.69) is 10.2 Å². The van der Waals surface area contributed by atoms with Crippen molar-refractivity contribution in [3.63, 3.8) is 0 Å². The molecule has 1 aliphatic heterocycles. The second-order valence-electron chi connectivity index (χ2n) is 4.79. The molecule has 21 heavy (non-hydrogen) atoms. The van der Waals surface area contributed by atoms with E-state index in [1.807, 2.05) is 0 Å². The van der Waals surface area contributed by atoms with Crippen LogP contribution in [0.3, 0.4) is 0 Å². The van der Waals surface area contributed by atoms with E-state index in [0.717, 1.165) is 6.42 Å². The molecule has 7 heteroatoms. The molecule has 1 amide bonds. The molecular weight excluding hydrogens is 272 g/mol. The minimum absolute atomic E-state index is 0.103. The van der Waals surface area contributed by atoms with E-state index in [9.17, 15) is 10.0 Å². The fourth-order valence-corrected chi connectivity index (χ4v) is 2.29. The van der Waals surface area contributed by atoms with Gasteiger partial charge in [0.15, 0.2) is 12.4 Å². The number of nitrogens with zero attached hydrogens (tertiary/aromatic N) is 4. The Kier molecular flexibility index (Phi) is 3.63. The van der Waals surface area contributed by atoms with Crippen LogP contribution in [-0.4, -0.2) is 40.2 Å². The first-order chi connectivity index (χ1) is 10.2. The van der Waals surface area contributed by atoms with Gasteiger partial charge in [-0.3, -0.25) is 4.79 Å². The summed E-state index contributed by atoms with van der Waals surface area (Å²) in [6, 6.07) is 6.67. The van der Waals surface area contributed by atoms with Crippen LogP contribution in [0, 0.1) is 5.21 Å². The summed E-state index contributed by atoms with van der Waals surface area (Å²) in [4.78, 5) is 14.0. The van der Waals surface area contributed by atoms with Crippen LogP contribution in [0.4, 0.5) is 0 Å². The summed E-state index contributed by atoms with van der Waals surface area (Å²) in [5, 5.41) is 18.8. The third-order valence-corrected chi connectivity index (χ3v) is 3.29. The van der Waals surface area contributed by atoms with E-state index in [4.69, 9.17) is 4.74 Å². The minimum Gasteiger partial charge on any atom is -0.619 e. The predicted octanol–water partition coefficient (Wildman–Crippen LogP) is 0.403. The number of ether oxygens (including phenoxy) is 1. The van der Waals surface area contributed by atoms with Crippen molar-refractivity contribution in [2.45, 2.75) is 12.5 Å². The average molecular weight is 286 g/mol. The van der Waals surface area contributed by atoms with E-state index < -0.39 is 0 Å². The molecule has 0 spiro atoms. The van der Waals surface area contributed by atoms with Crippen molar-refractivity contribution >= 4 is 5.91 Å². The summed E-state index contributed by atoms with van der Waals surface area (Å²) >= 11 is 0. The zero-order valence-electron chi connectivity index (χ0n) is 11.3. The van der Waals surface area contributed by atoms with Gasteiger partial charge in [-0.1, -0.05) is 0 Å². The van der Waals surface area contributed by atoms with E-state index in [1.54, 1.807) is 35.4 Å². The van der Waals surface area contributed by atoms with Crippen LogP contribution in [0.2, 0.25) is 0 Å². The van der Waals surface area contributed by atoms with E-state index >= 15 is 0 Å². The zero-order chi connectivity index (χ0) is 14.7. The molecule has 0 aliphatic carbocycles. The maximum Gasteiger partial charge on any atom is 0.260 e. The minimum atomic E-state index is -0.162. The van der Waals surface area contributed by atoms with E-state index in [1.165, 1.54) is 12.4 Å². The lowest BCUT2D eigenvalue weighted by Gasteiger charge is -2.16. The molecule has 1 fully saturated rings. The number of carbonyl (C=O) groups is 1. The predicted molar refractivity (Wildman–Crippen MR) is 72.4 cm³/mol. The van der Waals surface area contributed by atoms with Gasteiger partial charge in [0.05, 0.1) is 6.54 Å². The van der Waals surface area contributed by atoms with Crippen LogP contribution in [0.15, 0.2) is 42.9 Å². The highest BCUT2D eigenvalue weighted by Crippen LogP contribution is 2.17. The molecule has 1 aliphatic rings. The molecule has 2 aromatic rings. The van der Waals surface area contributed by atoms with Crippen LogP contribution >= 0.6 is 0 Å². The molecule has 1 atom stereocenters. The molecule has 0 radical (unpaired) electrons. The van der Waals surface area contributed by atoms with Gasteiger partial charge in [0.1, 0.15) is 11.7 Å². The smallest absolute Gasteiger partial charge is 0.260 e. The lowest BCUT2D eigenvalue weighted by molar-refractivity contribution is -0.605. The van der Waals surface area contributed by atoms with Crippen LogP contribution < -0.4 is 9.47 Å². The highest BCUT2D eigenvalue weighted by Gasteiger charge is 2.29. The Balaban J connectivity index is 1.63. The Hall–Kier alpha value is -2.70. The second kappa shape index (κ2) is 5.74. The van der Waals surface area contributed by atoms with Gasteiger partial charge in [-0.2, -0.15) is 9.83 Å². The van der Waals surface area contributed by atoms with Crippen molar-refractivity contribution in [1.82, 2.24) is 15.1 Å². The molecule has 1 unspecified atom stereocenters. The van der Waals surface area contributed by atoms with Gasteiger partial charge in [0, 0.05) is 31.3 Å². The number of amides is 1. The number of hydrogen-bond acceptors (Lipinski definition) is 5. The third-order valence-electron chi connectivity index (χ3n) is 3.29.